The molecule has 0 amide bonds. The van der Waals surface area contributed by atoms with Gasteiger partial charge in [-0.15, -0.1) is 0 Å². The third kappa shape index (κ3) is 6.14. The van der Waals surface area contributed by atoms with Crippen LogP contribution < -0.4 is 0 Å². The molecule has 38 heavy (non-hydrogen) atoms. The minimum Gasteiger partial charge on any atom is -0.459 e. The van der Waals surface area contributed by atoms with Crippen LogP contribution in [-0.2, 0) is 33.2 Å². The van der Waals surface area contributed by atoms with Crippen LogP contribution in [0.15, 0.2) is 12.2 Å². The molecule has 3 heterocycles. The lowest BCUT2D eigenvalue weighted by Gasteiger charge is -2.46. The van der Waals surface area contributed by atoms with Gasteiger partial charge in [0.15, 0.2) is 12.1 Å². The van der Waals surface area contributed by atoms with E-state index in [0.717, 1.165) is 5.57 Å². The second-order valence-electron chi connectivity index (χ2n) is 12.2. The number of carbonyl (C=O) groups is 1. The summed E-state index contributed by atoms with van der Waals surface area (Å²) in [6.45, 7) is 17.9. The summed E-state index contributed by atoms with van der Waals surface area (Å²) in [5.74, 6) is -2.04. The van der Waals surface area contributed by atoms with E-state index in [4.69, 9.17) is 28.4 Å². The normalized spacial score (nSPS) is 46.8. The van der Waals surface area contributed by atoms with Gasteiger partial charge in [0, 0.05) is 25.5 Å². The Kier molecular flexibility index (Phi) is 10.1. The van der Waals surface area contributed by atoms with E-state index in [1.54, 1.807) is 7.11 Å². The van der Waals surface area contributed by atoms with Gasteiger partial charge in [0.25, 0.3) is 0 Å². The van der Waals surface area contributed by atoms with Crippen LogP contribution in [0.1, 0.15) is 74.1 Å². The van der Waals surface area contributed by atoms with Crippen molar-refractivity contribution >= 4 is 5.97 Å². The van der Waals surface area contributed by atoms with Gasteiger partial charge in [0.05, 0.1) is 35.9 Å². The fraction of sp³-hybridized carbons (Fsp3) is 0.897. The zero-order chi connectivity index (χ0) is 28.6. The fourth-order valence-corrected chi connectivity index (χ4v) is 6.43. The van der Waals surface area contributed by atoms with E-state index >= 15 is 0 Å². The monoisotopic (exact) mass is 541 g/mol. The Morgan fingerprint density at radius 1 is 1.21 bits per heavy atom. The summed E-state index contributed by atoms with van der Waals surface area (Å²) in [5.41, 5.74) is -0.0963. The number of methoxy groups -OCH3 is 1. The Hall–Kier alpha value is -1.07. The van der Waals surface area contributed by atoms with Gasteiger partial charge in [0.2, 0.25) is 0 Å². The van der Waals surface area contributed by atoms with Gasteiger partial charge in [-0.3, -0.25) is 4.79 Å². The Morgan fingerprint density at radius 3 is 2.42 bits per heavy atom. The summed E-state index contributed by atoms with van der Waals surface area (Å²) >= 11 is 0. The molecule has 3 fully saturated rings. The molecule has 1 N–H and O–H groups in total. The second-order valence-corrected chi connectivity index (χ2v) is 12.2. The Morgan fingerprint density at radius 2 is 1.87 bits per heavy atom. The summed E-state index contributed by atoms with van der Waals surface area (Å²) in [7, 11) is 5.48. The predicted molar refractivity (Wildman–Crippen MR) is 143 cm³/mol. The van der Waals surface area contributed by atoms with E-state index in [1.165, 1.54) is 0 Å². The van der Waals surface area contributed by atoms with Crippen LogP contribution in [0, 0.1) is 11.8 Å². The summed E-state index contributed by atoms with van der Waals surface area (Å²) in [5, 5.41) is 11.2. The number of ether oxygens (including phenoxy) is 6. The number of hydrogen-bond acceptors (Lipinski definition) is 9. The van der Waals surface area contributed by atoms with Gasteiger partial charge in [-0.1, -0.05) is 20.4 Å². The maximum absolute atomic E-state index is 13.2. The molecule has 220 valence electrons. The number of aliphatic hydroxyl groups excluding tert-OH is 1. The molecule has 3 rings (SSSR count). The molecule has 3 saturated heterocycles. The number of nitrogens with zero attached hydrogens (tertiary/aromatic N) is 1. The molecule has 1 unspecified atom stereocenters. The number of likely N-dealkylation sites (N-methyl/N-ethyl adjacent to an activating group) is 1. The van der Waals surface area contributed by atoms with Crippen LogP contribution in [-0.4, -0.2) is 97.5 Å². The van der Waals surface area contributed by atoms with Crippen molar-refractivity contribution in [2.24, 2.45) is 11.8 Å². The third-order valence-electron chi connectivity index (χ3n) is 8.83. The van der Waals surface area contributed by atoms with E-state index in [-0.39, 0.29) is 24.0 Å². The van der Waals surface area contributed by atoms with E-state index in [1.807, 2.05) is 60.5 Å². The standard InChI is InChI=1S/C29H51NO8/c1-12-22-20(7)37-29(16(2)3)17(4)15-28(8,38-29)24(14-23(33-11)19(6)26(32)35-22)36-27-25(31)21(30(9)10)13-18(5)34-27/h17-25,27,31H,2,12-15H2,1,3-11H3/t17-,18-,19-,20?,21+,22-,23+,24-,25-,27+,28-,29-/m1/s1. The maximum Gasteiger partial charge on any atom is 0.311 e. The number of rotatable bonds is 6. The summed E-state index contributed by atoms with van der Waals surface area (Å²) < 4.78 is 38.1. The molecule has 0 spiro atoms. The first-order valence-electron chi connectivity index (χ1n) is 14.1. The predicted octanol–water partition coefficient (Wildman–Crippen LogP) is 3.67. The van der Waals surface area contributed by atoms with Gasteiger partial charge >= 0.3 is 5.97 Å². The quantitative estimate of drug-likeness (QED) is 0.399. The highest BCUT2D eigenvalue weighted by Gasteiger charge is 2.59. The van der Waals surface area contributed by atoms with Crippen molar-refractivity contribution in [2.45, 2.75) is 134 Å². The van der Waals surface area contributed by atoms with Crippen molar-refractivity contribution in [1.29, 1.82) is 0 Å². The first kappa shape index (κ1) is 31.5. The van der Waals surface area contributed by atoms with E-state index in [9.17, 15) is 9.90 Å². The molecule has 9 heteroatoms. The van der Waals surface area contributed by atoms with Gasteiger partial charge in [-0.25, -0.2) is 0 Å². The van der Waals surface area contributed by atoms with Gasteiger partial charge in [-0.05, 0) is 73.5 Å². The molecular weight excluding hydrogens is 490 g/mol. The highest BCUT2D eigenvalue weighted by atomic mass is 16.7. The van der Waals surface area contributed by atoms with Crippen LogP contribution >= 0.6 is 0 Å². The summed E-state index contributed by atoms with van der Waals surface area (Å²) in [6.07, 6.45) is -1.55. The van der Waals surface area contributed by atoms with Crippen LogP contribution in [0.25, 0.3) is 0 Å². The van der Waals surface area contributed by atoms with E-state index in [2.05, 4.69) is 13.5 Å². The number of hydrogen-bond donors (Lipinski definition) is 1. The molecule has 3 aliphatic heterocycles. The Labute approximate surface area is 229 Å². The van der Waals surface area contributed by atoms with Crippen molar-refractivity contribution in [3.8, 4) is 0 Å². The molecule has 2 bridgehead atoms. The number of esters is 1. The lowest BCUT2D eigenvalue weighted by molar-refractivity contribution is -0.319. The molecule has 9 nitrogen and oxygen atoms in total. The van der Waals surface area contributed by atoms with Gasteiger partial charge in [-0.2, -0.15) is 0 Å². The summed E-state index contributed by atoms with van der Waals surface area (Å²) in [6, 6.07) is -0.122. The molecular formula is C29H51NO8. The molecule has 0 aromatic rings. The van der Waals surface area contributed by atoms with Crippen molar-refractivity contribution < 1.29 is 38.3 Å². The first-order chi connectivity index (χ1) is 17.7. The van der Waals surface area contributed by atoms with Crippen LogP contribution in [0.4, 0.5) is 0 Å². The minimum atomic E-state index is -1.09. The van der Waals surface area contributed by atoms with E-state index < -0.39 is 54.1 Å². The molecule has 12 atom stereocenters. The Balaban J connectivity index is 2.05. The third-order valence-corrected chi connectivity index (χ3v) is 8.83. The molecule has 0 aromatic heterocycles. The highest BCUT2D eigenvalue weighted by Crippen LogP contribution is 2.51. The van der Waals surface area contributed by atoms with Gasteiger partial charge in [0.1, 0.15) is 12.2 Å². The minimum absolute atomic E-state index is 0.0587. The zero-order valence-electron chi connectivity index (χ0n) is 25.1. The second kappa shape index (κ2) is 12.2. The number of cyclic esters (lactones) is 1. The average Bonchev–Trinajstić information content (AvgIpc) is 3.11. The fourth-order valence-electron chi connectivity index (χ4n) is 6.43. The van der Waals surface area contributed by atoms with Crippen LogP contribution in [0.2, 0.25) is 0 Å². The molecule has 0 saturated carbocycles. The van der Waals surface area contributed by atoms with E-state index in [0.29, 0.717) is 25.7 Å². The lowest BCUT2D eigenvalue weighted by atomic mass is 9.84. The number of carbonyl (C=O) groups excluding carboxylic acids is 1. The first-order valence-corrected chi connectivity index (χ1v) is 14.1. The largest absolute Gasteiger partial charge is 0.459 e. The molecule has 3 aliphatic rings. The number of aliphatic hydroxyl groups is 1. The lowest BCUT2D eigenvalue weighted by Crippen LogP contribution is -2.57. The zero-order valence-corrected chi connectivity index (χ0v) is 25.1. The van der Waals surface area contributed by atoms with Crippen LogP contribution in [0.5, 0.6) is 0 Å². The van der Waals surface area contributed by atoms with Gasteiger partial charge < -0.3 is 38.4 Å². The molecule has 0 aliphatic carbocycles. The number of fused-ring (bicyclic) bond motifs is 2. The SMILES string of the molecule is C=C(C)[C@]12OC(C)[C@@H](CC)OC(=O)[C@H](C)[C@@H](OC)C[C@@H](O[C@@H]3O[C@H](C)C[C@H](N(C)C)[C@H]3O)[C@@](C)(C[C@H]1C)O2. The van der Waals surface area contributed by atoms with Crippen LogP contribution in [0.3, 0.4) is 0 Å². The maximum atomic E-state index is 13.2. The topological polar surface area (TPSA) is 95.9 Å². The highest BCUT2D eigenvalue weighted by molar-refractivity contribution is 5.73. The molecule has 0 radical (unpaired) electrons. The van der Waals surface area contributed by atoms with Crippen molar-refractivity contribution in [3.63, 3.8) is 0 Å². The average molecular weight is 542 g/mol. The van der Waals surface area contributed by atoms with Crippen molar-refractivity contribution in [2.75, 3.05) is 21.2 Å². The molecule has 0 aromatic carbocycles. The van der Waals surface area contributed by atoms with Crippen molar-refractivity contribution in [3.05, 3.63) is 12.2 Å². The Bertz CT molecular complexity index is 837. The van der Waals surface area contributed by atoms with Crippen molar-refractivity contribution in [1.82, 2.24) is 4.90 Å². The summed E-state index contributed by atoms with van der Waals surface area (Å²) in [4.78, 5) is 15.2. The smallest absolute Gasteiger partial charge is 0.311 e.